The third kappa shape index (κ3) is 1.56. The van der Waals surface area contributed by atoms with E-state index in [2.05, 4.69) is 0 Å². The van der Waals surface area contributed by atoms with E-state index in [1.807, 2.05) is 16.7 Å². The summed E-state index contributed by atoms with van der Waals surface area (Å²) in [4.78, 5) is 12.1. The number of methoxy groups -OCH3 is 1. The molecule has 0 bridgehead atoms. The highest BCUT2D eigenvalue weighted by atomic mass is 16.5. The number of fused-ring (bicyclic) bond motifs is 1. The van der Waals surface area contributed by atoms with Gasteiger partial charge in [0.1, 0.15) is 17.4 Å². The monoisotopic (exact) mass is 240 g/mol. The summed E-state index contributed by atoms with van der Waals surface area (Å²) in [5, 5.41) is 9.60. The molecular weight excluding hydrogens is 228 g/mol. The molecule has 0 atom stereocenters. The predicted octanol–water partition coefficient (Wildman–Crippen LogP) is 2.22. The largest absolute Gasteiger partial charge is 0.497 e. The van der Waals surface area contributed by atoms with Crippen molar-refractivity contribution in [1.82, 2.24) is 4.57 Å². The highest BCUT2D eigenvalue weighted by molar-refractivity contribution is 5.82. The average molecular weight is 240 g/mol. The lowest BCUT2D eigenvalue weighted by atomic mass is 10.1. The topological polar surface area (TPSA) is 55.0 Å². The highest BCUT2D eigenvalue weighted by Crippen LogP contribution is 2.37. The molecule has 1 aromatic carbocycles. The van der Waals surface area contributed by atoms with Gasteiger partial charge in [0, 0.05) is 23.7 Å². The fourth-order valence-corrected chi connectivity index (χ4v) is 2.19. The van der Waals surface area contributed by atoms with E-state index < -0.39 is 0 Å². The van der Waals surface area contributed by atoms with Gasteiger partial charge in [0.05, 0.1) is 12.6 Å². The Morgan fingerprint density at radius 3 is 2.83 bits per heavy atom. The van der Waals surface area contributed by atoms with Crippen molar-refractivity contribution < 1.29 is 4.74 Å². The van der Waals surface area contributed by atoms with Gasteiger partial charge >= 0.3 is 0 Å². The van der Waals surface area contributed by atoms with Crippen molar-refractivity contribution in [3.63, 3.8) is 0 Å². The van der Waals surface area contributed by atoms with Gasteiger partial charge in [-0.1, -0.05) is 0 Å². The molecule has 3 rings (SSSR count). The maximum Gasteiger partial charge on any atom is 0.207 e. The molecule has 1 fully saturated rings. The van der Waals surface area contributed by atoms with E-state index in [9.17, 15) is 4.79 Å². The summed E-state index contributed by atoms with van der Waals surface area (Å²) < 4.78 is 7.22. The molecule has 0 radical (unpaired) electrons. The molecular formula is C14H12N2O2. The van der Waals surface area contributed by atoms with Crippen molar-refractivity contribution in [3.8, 4) is 11.8 Å². The smallest absolute Gasteiger partial charge is 0.207 e. The Morgan fingerprint density at radius 2 is 2.22 bits per heavy atom. The van der Waals surface area contributed by atoms with Crippen LogP contribution in [0.4, 0.5) is 0 Å². The second kappa shape index (κ2) is 3.88. The van der Waals surface area contributed by atoms with Gasteiger partial charge in [0.2, 0.25) is 5.43 Å². The summed E-state index contributed by atoms with van der Waals surface area (Å²) in [6, 6.07) is 7.73. The summed E-state index contributed by atoms with van der Waals surface area (Å²) in [5.74, 6) is 0.723. The number of hydrogen-bond donors (Lipinski definition) is 0. The zero-order valence-corrected chi connectivity index (χ0v) is 10.0. The first-order valence-corrected chi connectivity index (χ1v) is 5.87. The molecule has 18 heavy (non-hydrogen) atoms. The summed E-state index contributed by atoms with van der Waals surface area (Å²) in [6.07, 6.45) is 3.86. The number of aromatic nitrogens is 1. The lowest BCUT2D eigenvalue weighted by molar-refractivity contribution is 0.415. The summed E-state index contributed by atoms with van der Waals surface area (Å²) in [5.41, 5.74) is 0.854. The SMILES string of the molecule is COc1ccc2c(=O)c(C#N)cn(C3CC3)c2c1. The van der Waals surface area contributed by atoms with Gasteiger partial charge in [-0.3, -0.25) is 4.79 Å². The minimum Gasteiger partial charge on any atom is -0.497 e. The van der Waals surface area contributed by atoms with Crippen molar-refractivity contribution in [2.45, 2.75) is 18.9 Å². The van der Waals surface area contributed by atoms with Crippen LogP contribution in [0, 0.1) is 11.3 Å². The Hall–Kier alpha value is -2.28. The Balaban J connectivity index is 2.39. The molecule has 0 spiro atoms. The first-order chi connectivity index (χ1) is 8.74. The van der Waals surface area contributed by atoms with Crippen molar-refractivity contribution in [1.29, 1.82) is 5.26 Å². The van der Waals surface area contributed by atoms with Crippen molar-refractivity contribution >= 4 is 10.9 Å². The molecule has 1 heterocycles. The maximum atomic E-state index is 12.1. The molecule has 1 saturated carbocycles. The Bertz CT molecular complexity index is 721. The fourth-order valence-electron chi connectivity index (χ4n) is 2.19. The fraction of sp³-hybridized carbons (Fsp3) is 0.286. The molecule has 1 aliphatic carbocycles. The van der Waals surface area contributed by atoms with Crippen LogP contribution >= 0.6 is 0 Å². The Labute approximate surface area is 104 Å². The number of hydrogen-bond acceptors (Lipinski definition) is 3. The molecule has 1 aliphatic rings. The first-order valence-electron chi connectivity index (χ1n) is 5.87. The number of ether oxygens (including phenoxy) is 1. The second-order valence-electron chi connectivity index (χ2n) is 4.51. The van der Waals surface area contributed by atoms with Crippen LogP contribution in [-0.4, -0.2) is 11.7 Å². The number of rotatable bonds is 2. The predicted molar refractivity (Wildman–Crippen MR) is 67.7 cm³/mol. The standard InChI is InChI=1S/C14H12N2O2/c1-18-11-4-5-12-13(6-11)16(10-2-3-10)8-9(7-15)14(12)17/h4-6,8,10H,2-3H2,1H3. The zero-order chi connectivity index (χ0) is 12.7. The van der Waals surface area contributed by atoms with Gasteiger partial charge in [-0.25, -0.2) is 0 Å². The van der Waals surface area contributed by atoms with Crippen LogP contribution in [0.25, 0.3) is 10.9 Å². The molecule has 4 heteroatoms. The summed E-state index contributed by atoms with van der Waals surface area (Å²) in [6.45, 7) is 0. The summed E-state index contributed by atoms with van der Waals surface area (Å²) >= 11 is 0. The van der Waals surface area contributed by atoms with Crippen molar-refractivity contribution in [2.75, 3.05) is 7.11 Å². The van der Waals surface area contributed by atoms with Crippen LogP contribution < -0.4 is 10.2 Å². The van der Waals surface area contributed by atoms with Gasteiger partial charge in [-0.15, -0.1) is 0 Å². The number of nitrogens with zero attached hydrogens (tertiary/aromatic N) is 2. The molecule has 4 nitrogen and oxygen atoms in total. The molecule has 1 aromatic heterocycles. The summed E-state index contributed by atoms with van der Waals surface area (Å²) in [7, 11) is 1.60. The molecule has 0 unspecified atom stereocenters. The minimum atomic E-state index is -0.202. The maximum absolute atomic E-state index is 12.1. The van der Waals surface area contributed by atoms with Crippen LogP contribution in [0.1, 0.15) is 24.4 Å². The first kappa shape index (κ1) is 10.8. The van der Waals surface area contributed by atoms with Gasteiger partial charge in [-0.05, 0) is 25.0 Å². The van der Waals surface area contributed by atoms with Crippen LogP contribution in [0.2, 0.25) is 0 Å². The van der Waals surface area contributed by atoms with Crippen LogP contribution in [0.5, 0.6) is 5.75 Å². The third-order valence-electron chi connectivity index (χ3n) is 3.30. The minimum absolute atomic E-state index is 0.202. The van der Waals surface area contributed by atoms with Gasteiger partial charge < -0.3 is 9.30 Å². The highest BCUT2D eigenvalue weighted by Gasteiger charge is 2.25. The van der Waals surface area contributed by atoms with Crippen molar-refractivity contribution in [3.05, 3.63) is 40.2 Å². The molecule has 0 N–H and O–H groups in total. The van der Waals surface area contributed by atoms with Crippen LogP contribution in [-0.2, 0) is 0 Å². The second-order valence-corrected chi connectivity index (χ2v) is 4.51. The molecule has 90 valence electrons. The Morgan fingerprint density at radius 1 is 1.44 bits per heavy atom. The molecule has 2 aromatic rings. The van der Waals surface area contributed by atoms with E-state index in [1.165, 1.54) is 0 Å². The van der Waals surface area contributed by atoms with Crippen LogP contribution in [0.15, 0.2) is 29.2 Å². The van der Waals surface area contributed by atoms with Gasteiger partial charge in [-0.2, -0.15) is 5.26 Å². The molecule has 0 aliphatic heterocycles. The van der Waals surface area contributed by atoms with Crippen LogP contribution in [0.3, 0.4) is 0 Å². The van der Waals surface area contributed by atoms with E-state index in [1.54, 1.807) is 25.4 Å². The van der Waals surface area contributed by atoms with E-state index in [0.29, 0.717) is 11.4 Å². The van der Waals surface area contributed by atoms with E-state index in [0.717, 1.165) is 24.1 Å². The third-order valence-corrected chi connectivity index (χ3v) is 3.30. The zero-order valence-electron chi connectivity index (χ0n) is 10.0. The normalized spacial score (nSPS) is 14.4. The average Bonchev–Trinajstić information content (AvgIpc) is 3.23. The number of pyridine rings is 1. The number of nitriles is 1. The van der Waals surface area contributed by atoms with E-state index >= 15 is 0 Å². The lowest BCUT2D eigenvalue weighted by Gasteiger charge is -2.11. The molecule has 0 amide bonds. The number of benzene rings is 1. The van der Waals surface area contributed by atoms with E-state index in [4.69, 9.17) is 10.00 Å². The lowest BCUT2D eigenvalue weighted by Crippen LogP contribution is -2.12. The van der Waals surface area contributed by atoms with Gasteiger partial charge in [0.25, 0.3) is 0 Å². The van der Waals surface area contributed by atoms with Gasteiger partial charge in [0.15, 0.2) is 0 Å². The van der Waals surface area contributed by atoms with Crippen molar-refractivity contribution in [2.24, 2.45) is 0 Å². The molecule has 0 saturated heterocycles. The quantitative estimate of drug-likeness (QED) is 0.808. The Kier molecular flexibility index (Phi) is 2.34. The van der Waals surface area contributed by atoms with E-state index in [-0.39, 0.29) is 11.0 Å².